The molecule has 0 unspecified atom stereocenters. The Bertz CT molecular complexity index is 1450. The lowest BCUT2D eigenvalue weighted by Crippen LogP contribution is -2.14. The number of carbonyl (C=O) groups excluding carboxylic acids is 1. The lowest BCUT2D eigenvalue weighted by Gasteiger charge is -2.11. The third kappa shape index (κ3) is 3.21. The summed E-state index contributed by atoms with van der Waals surface area (Å²) in [5, 5.41) is 9.31. The van der Waals surface area contributed by atoms with Gasteiger partial charge in [0.1, 0.15) is 33.9 Å². The minimum Gasteiger partial charge on any atom is -0.494 e. The van der Waals surface area contributed by atoms with E-state index in [9.17, 15) is 4.79 Å². The Balaban J connectivity index is 1.59. The number of ether oxygens (including phenoxy) is 1. The molecule has 0 fully saturated rings. The molecule has 0 bridgehead atoms. The number of nitrogens with one attached hydrogen (secondary N) is 1. The molecule has 1 amide bonds. The van der Waals surface area contributed by atoms with Crippen molar-refractivity contribution in [3.63, 3.8) is 0 Å². The summed E-state index contributed by atoms with van der Waals surface area (Å²) in [5.41, 5.74) is 3.27. The minimum absolute atomic E-state index is 0.312. The summed E-state index contributed by atoms with van der Waals surface area (Å²) in [5.74, 6) is 0.494. The molecule has 1 N–H and O–H groups in total. The van der Waals surface area contributed by atoms with Crippen molar-refractivity contribution in [1.29, 1.82) is 0 Å². The Morgan fingerprint density at radius 1 is 1.03 bits per heavy atom. The van der Waals surface area contributed by atoms with Crippen LogP contribution in [0, 0.1) is 6.92 Å². The van der Waals surface area contributed by atoms with Gasteiger partial charge in [-0.1, -0.05) is 53.2 Å². The minimum atomic E-state index is -0.376. The molecule has 2 heterocycles. The second kappa shape index (κ2) is 7.49. The largest absolute Gasteiger partial charge is 0.494 e. The third-order valence-corrected chi connectivity index (χ3v) is 5.50. The number of methoxy groups -OCH3 is 1. The van der Waals surface area contributed by atoms with E-state index in [-0.39, 0.29) is 5.91 Å². The molecule has 6 nitrogen and oxygen atoms in total. The third-order valence-electron chi connectivity index (χ3n) is 5.17. The molecule has 0 saturated carbocycles. The van der Waals surface area contributed by atoms with E-state index in [2.05, 4.69) is 10.5 Å². The van der Waals surface area contributed by atoms with Crippen LogP contribution in [0.3, 0.4) is 0 Å². The van der Waals surface area contributed by atoms with Gasteiger partial charge in [0.25, 0.3) is 5.91 Å². The van der Waals surface area contributed by atoms with E-state index in [1.807, 2.05) is 42.5 Å². The molecule has 0 aliphatic heterocycles. The monoisotopic (exact) mass is 432 g/mol. The van der Waals surface area contributed by atoms with Crippen LogP contribution in [-0.4, -0.2) is 18.2 Å². The smallest absolute Gasteiger partial charge is 0.261 e. The summed E-state index contributed by atoms with van der Waals surface area (Å²) in [4.78, 5) is 13.3. The summed E-state index contributed by atoms with van der Waals surface area (Å²) in [6.45, 7) is 1.69. The maximum atomic E-state index is 13.3. The second-order valence-electron chi connectivity index (χ2n) is 7.04. The molecule has 31 heavy (non-hydrogen) atoms. The molecule has 5 aromatic rings. The van der Waals surface area contributed by atoms with E-state index in [0.29, 0.717) is 44.6 Å². The first-order valence-electron chi connectivity index (χ1n) is 9.58. The number of amides is 1. The lowest BCUT2D eigenvalue weighted by molar-refractivity contribution is 0.102. The molecule has 0 atom stereocenters. The zero-order valence-corrected chi connectivity index (χ0v) is 17.5. The van der Waals surface area contributed by atoms with Gasteiger partial charge in [0.05, 0.1) is 17.8 Å². The highest BCUT2D eigenvalue weighted by Gasteiger charge is 2.24. The average Bonchev–Trinajstić information content (AvgIpc) is 3.33. The predicted molar refractivity (Wildman–Crippen MR) is 120 cm³/mol. The molecule has 2 aromatic heterocycles. The maximum absolute atomic E-state index is 13.3. The highest BCUT2D eigenvalue weighted by Crippen LogP contribution is 2.37. The standard InChI is InChI=1S/C24H17ClN2O4/c1-13-22(23(27-31-13)15-8-3-5-9-17(15)25)24(28)26-18-11-16-14-7-4-6-10-19(14)30-20(16)12-21(18)29-2/h3-12H,1-2H3,(H,26,28). The Kier molecular flexibility index (Phi) is 4.64. The summed E-state index contributed by atoms with van der Waals surface area (Å²) in [6.07, 6.45) is 0. The van der Waals surface area contributed by atoms with Crippen molar-refractivity contribution >= 4 is 45.1 Å². The number of para-hydroxylation sites is 1. The first-order chi connectivity index (χ1) is 15.1. The fourth-order valence-corrected chi connectivity index (χ4v) is 3.91. The Morgan fingerprint density at radius 2 is 1.81 bits per heavy atom. The molecular weight excluding hydrogens is 416 g/mol. The summed E-state index contributed by atoms with van der Waals surface area (Å²) in [7, 11) is 1.54. The van der Waals surface area contributed by atoms with Crippen molar-refractivity contribution < 1.29 is 18.5 Å². The van der Waals surface area contributed by atoms with Crippen LogP contribution >= 0.6 is 11.6 Å². The number of rotatable bonds is 4. The van der Waals surface area contributed by atoms with E-state index < -0.39 is 0 Å². The van der Waals surface area contributed by atoms with Crippen LogP contribution in [0.15, 0.2) is 69.6 Å². The summed E-state index contributed by atoms with van der Waals surface area (Å²) >= 11 is 6.32. The van der Waals surface area contributed by atoms with Gasteiger partial charge in [-0.15, -0.1) is 0 Å². The number of anilines is 1. The Hall–Kier alpha value is -3.77. The van der Waals surface area contributed by atoms with E-state index in [1.165, 1.54) is 0 Å². The summed E-state index contributed by atoms with van der Waals surface area (Å²) in [6, 6.07) is 18.5. The molecule has 3 aromatic carbocycles. The summed E-state index contributed by atoms with van der Waals surface area (Å²) < 4.78 is 16.7. The number of hydrogen-bond donors (Lipinski definition) is 1. The first-order valence-corrected chi connectivity index (χ1v) is 9.96. The fraction of sp³-hybridized carbons (Fsp3) is 0.0833. The number of hydrogen-bond acceptors (Lipinski definition) is 5. The van der Waals surface area contributed by atoms with E-state index in [1.54, 1.807) is 32.2 Å². The number of fused-ring (bicyclic) bond motifs is 3. The van der Waals surface area contributed by atoms with Crippen LogP contribution in [0.2, 0.25) is 5.02 Å². The van der Waals surface area contributed by atoms with Crippen LogP contribution in [0.5, 0.6) is 5.75 Å². The zero-order chi connectivity index (χ0) is 21.5. The van der Waals surface area contributed by atoms with Crippen molar-refractivity contribution in [2.24, 2.45) is 0 Å². The molecule has 0 aliphatic rings. The van der Waals surface area contributed by atoms with Crippen molar-refractivity contribution in [2.45, 2.75) is 6.92 Å². The predicted octanol–water partition coefficient (Wildman–Crippen LogP) is 6.46. The van der Waals surface area contributed by atoms with Gasteiger partial charge in [-0.2, -0.15) is 0 Å². The molecule has 5 rings (SSSR count). The van der Waals surface area contributed by atoms with Gasteiger partial charge < -0.3 is 19.0 Å². The topological polar surface area (TPSA) is 77.5 Å². The molecule has 0 spiro atoms. The van der Waals surface area contributed by atoms with Gasteiger partial charge in [0.2, 0.25) is 0 Å². The molecule has 0 saturated heterocycles. The zero-order valence-electron chi connectivity index (χ0n) is 16.7. The molecule has 154 valence electrons. The number of carbonyl (C=O) groups is 1. The highest BCUT2D eigenvalue weighted by molar-refractivity contribution is 6.33. The molecule has 7 heteroatoms. The lowest BCUT2D eigenvalue weighted by atomic mass is 10.1. The fourth-order valence-electron chi connectivity index (χ4n) is 3.68. The van der Waals surface area contributed by atoms with Crippen molar-refractivity contribution in [1.82, 2.24) is 5.16 Å². The Morgan fingerprint density at radius 3 is 2.61 bits per heavy atom. The maximum Gasteiger partial charge on any atom is 0.261 e. The van der Waals surface area contributed by atoms with E-state index in [4.69, 9.17) is 25.3 Å². The van der Waals surface area contributed by atoms with Gasteiger partial charge in [-0.05, 0) is 25.1 Å². The van der Waals surface area contributed by atoms with Crippen molar-refractivity contribution in [3.8, 4) is 17.0 Å². The van der Waals surface area contributed by atoms with Crippen molar-refractivity contribution in [3.05, 3.63) is 77.0 Å². The van der Waals surface area contributed by atoms with Crippen LogP contribution in [0.1, 0.15) is 16.1 Å². The number of benzene rings is 3. The van der Waals surface area contributed by atoms with Gasteiger partial charge in [-0.25, -0.2) is 0 Å². The van der Waals surface area contributed by atoms with Gasteiger partial charge in [0.15, 0.2) is 0 Å². The molecular formula is C24H17ClN2O4. The van der Waals surface area contributed by atoms with E-state index >= 15 is 0 Å². The van der Waals surface area contributed by atoms with Gasteiger partial charge in [0, 0.05) is 22.4 Å². The van der Waals surface area contributed by atoms with Crippen molar-refractivity contribution in [2.75, 3.05) is 12.4 Å². The average molecular weight is 433 g/mol. The van der Waals surface area contributed by atoms with Crippen LogP contribution < -0.4 is 10.1 Å². The first kappa shape index (κ1) is 19.2. The number of aryl methyl sites for hydroxylation is 1. The van der Waals surface area contributed by atoms with Crippen LogP contribution in [0.4, 0.5) is 5.69 Å². The highest BCUT2D eigenvalue weighted by atomic mass is 35.5. The molecule has 0 aliphatic carbocycles. The molecule has 0 radical (unpaired) electrons. The second-order valence-corrected chi connectivity index (χ2v) is 7.45. The van der Waals surface area contributed by atoms with Gasteiger partial charge >= 0.3 is 0 Å². The van der Waals surface area contributed by atoms with Crippen LogP contribution in [-0.2, 0) is 0 Å². The quantitative estimate of drug-likeness (QED) is 0.352. The van der Waals surface area contributed by atoms with Gasteiger partial charge in [-0.3, -0.25) is 4.79 Å². The Labute approximate surface area is 182 Å². The SMILES string of the molecule is COc1cc2oc3ccccc3c2cc1NC(=O)c1c(-c2ccccc2Cl)noc1C. The normalized spacial score (nSPS) is 11.2. The number of aromatic nitrogens is 1. The number of nitrogens with zero attached hydrogens (tertiary/aromatic N) is 1. The van der Waals surface area contributed by atoms with E-state index in [0.717, 1.165) is 16.4 Å². The number of furan rings is 1. The van der Waals surface area contributed by atoms with Crippen LogP contribution in [0.25, 0.3) is 33.2 Å². The number of halogens is 1.